The molecule has 0 aromatic carbocycles. The standard InChI is InChI=1S/C7H6FNO/c8-6-1-2-7(3-4-10)9-5-6/h1-2,4-5H,3H2. The lowest BCUT2D eigenvalue weighted by molar-refractivity contribution is -0.107. The fourth-order valence-corrected chi connectivity index (χ4v) is 0.613. The molecule has 0 fully saturated rings. The molecule has 0 saturated heterocycles. The van der Waals surface area contributed by atoms with Crippen LogP contribution in [-0.4, -0.2) is 11.3 Å². The number of aldehydes is 1. The summed E-state index contributed by atoms with van der Waals surface area (Å²) in [6.45, 7) is 0. The van der Waals surface area contributed by atoms with Gasteiger partial charge in [0.05, 0.1) is 6.20 Å². The summed E-state index contributed by atoms with van der Waals surface area (Å²) in [7, 11) is 0. The highest BCUT2D eigenvalue weighted by atomic mass is 19.1. The first-order valence-corrected chi connectivity index (χ1v) is 2.87. The second kappa shape index (κ2) is 3.06. The Kier molecular flexibility index (Phi) is 2.10. The topological polar surface area (TPSA) is 30.0 Å². The van der Waals surface area contributed by atoms with Gasteiger partial charge in [0.1, 0.15) is 12.1 Å². The van der Waals surface area contributed by atoms with Crippen LogP contribution in [0.25, 0.3) is 0 Å². The van der Waals surface area contributed by atoms with Crippen molar-refractivity contribution in [2.45, 2.75) is 6.42 Å². The Morgan fingerprint density at radius 2 is 2.40 bits per heavy atom. The zero-order chi connectivity index (χ0) is 7.40. The number of nitrogens with zero attached hydrogens (tertiary/aromatic N) is 1. The van der Waals surface area contributed by atoms with Gasteiger partial charge in [-0.3, -0.25) is 4.98 Å². The van der Waals surface area contributed by atoms with E-state index in [1.165, 1.54) is 12.1 Å². The van der Waals surface area contributed by atoms with Crippen molar-refractivity contribution in [3.63, 3.8) is 0 Å². The SMILES string of the molecule is O=CCc1ccc(F)cn1. The van der Waals surface area contributed by atoms with Crippen LogP contribution in [0.2, 0.25) is 0 Å². The van der Waals surface area contributed by atoms with Crippen LogP contribution in [0.4, 0.5) is 4.39 Å². The molecule has 0 saturated carbocycles. The van der Waals surface area contributed by atoms with Gasteiger partial charge >= 0.3 is 0 Å². The van der Waals surface area contributed by atoms with E-state index in [1.54, 1.807) is 0 Å². The molecule has 3 heteroatoms. The summed E-state index contributed by atoms with van der Waals surface area (Å²) in [6.07, 6.45) is 2.08. The molecule has 0 aliphatic heterocycles. The average Bonchev–Trinajstić information content (AvgIpc) is 1.95. The van der Waals surface area contributed by atoms with Gasteiger partial charge in [-0.2, -0.15) is 0 Å². The molecule has 1 aromatic heterocycles. The van der Waals surface area contributed by atoms with E-state index >= 15 is 0 Å². The summed E-state index contributed by atoms with van der Waals surface area (Å²) < 4.78 is 12.2. The lowest BCUT2D eigenvalue weighted by atomic mass is 10.3. The fraction of sp³-hybridized carbons (Fsp3) is 0.143. The van der Waals surface area contributed by atoms with Gasteiger partial charge in [0.2, 0.25) is 0 Å². The number of pyridine rings is 1. The van der Waals surface area contributed by atoms with E-state index in [0.717, 1.165) is 12.5 Å². The van der Waals surface area contributed by atoms with Crippen molar-refractivity contribution in [2.24, 2.45) is 0 Å². The Morgan fingerprint density at radius 3 is 2.90 bits per heavy atom. The molecule has 1 heterocycles. The minimum Gasteiger partial charge on any atom is -0.303 e. The summed E-state index contributed by atoms with van der Waals surface area (Å²) in [5.41, 5.74) is 0.594. The van der Waals surface area contributed by atoms with Gasteiger partial charge in [0.25, 0.3) is 0 Å². The first-order chi connectivity index (χ1) is 4.83. The van der Waals surface area contributed by atoms with Crippen LogP contribution in [-0.2, 0) is 11.2 Å². The highest BCUT2D eigenvalue weighted by Crippen LogP contribution is 1.96. The van der Waals surface area contributed by atoms with Crippen LogP contribution in [0.5, 0.6) is 0 Å². The van der Waals surface area contributed by atoms with Gasteiger partial charge in [0, 0.05) is 12.1 Å². The van der Waals surface area contributed by atoms with Crippen LogP contribution in [0.15, 0.2) is 18.3 Å². The molecular weight excluding hydrogens is 133 g/mol. The molecular formula is C7H6FNO. The number of carbonyl (C=O) groups is 1. The van der Waals surface area contributed by atoms with E-state index in [1.807, 2.05) is 0 Å². The zero-order valence-electron chi connectivity index (χ0n) is 5.25. The molecule has 0 bridgehead atoms. The predicted octanol–water partition coefficient (Wildman–Crippen LogP) is 0.962. The largest absolute Gasteiger partial charge is 0.303 e. The average molecular weight is 139 g/mol. The first kappa shape index (κ1) is 6.86. The Labute approximate surface area is 57.7 Å². The fourth-order valence-electron chi connectivity index (χ4n) is 0.613. The van der Waals surface area contributed by atoms with Crippen molar-refractivity contribution in [3.8, 4) is 0 Å². The van der Waals surface area contributed by atoms with Crippen LogP contribution >= 0.6 is 0 Å². The maximum atomic E-state index is 12.2. The van der Waals surface area contributed by atoms with Crippen LogP contribution in [0.1, 0.15) is 5.69 Å². The predicted molar refractivity (Wildman–Crippen MR) is 34.0 cm³/mol. The van der Waals surface area contributed by atoms with Crippen molar-refractivity contribution in [3.05, 3.63) is 29.8 Å². The lowest BCUT2D eigenvalue weighted by Gasteiger charge is -1.90. The number of aromatic nitrogens is 1. The smallest absolute Gasteiger partial charge is 0.141 e. The number of halogens is 1. The Balaban J connectivity index is 2.78. The molecule has 0 aliphatic carbocycles. The molecule has 52 valence electrons. The van der Waals surface area contributed by atoms with Gasteiger partial charge in [-0.1, -0.05) is 0 Å². The van der Waals surface area contributed by atoms with E-state index < -0.39 is 0 Å². The number of rotatable bonds is 2. The molecule has 2 nitrogen and oxygen atoms in total. The normalized spacial score (nSPS) is 9.30. The Morgan fingerprint density at radius 1 is 1.60 bits per heavy atom. The van der Waals surface area contributed by atoms with Gasteiger partial charge < -0.3 is 4.79 Å². The van der Waals surface area contributed by atoms with Gasteiger partial charge in [-0.15, -0.1) is 0 Å². The third kappa shape index (κ3) is 1.62. The minimum absolute atomic E-state index is 0.250. The highest BCUT2D eigenvalue weighted by molar-refractivity contribution is 5.53. The number of hydrogen-bond acceptors (Lipinski definition) is 2. The zero-order valence-corrected chi connectivity index (χ0v) is 5.25. The minimum atomic E-state index is -0.380. The molecule has 0 atom stereocenters. The van der Waals surface area contributed by atoms with E-state index in [0.29, 0.717) is 5.69 Å². The molecule has 0 radical (unpaired) electrons. The van der Waals surface area contributed by atoms with Crippen molar-refractivity contribution in [1.82, 2.24) is 4.98 Å². The summed E-state index contributed by atoms with van der Waals surface area (Å²) in [5.74, 6) is -0.380. The van der Waals surface area contributed by atoms with E-state index in [4.69, 9.17) is 0 Å². The molecule has 0 spiro atoms. The maximum absolute atomic E-state index is 12.2. The lowest BCUT2D eigenvalue weighted by Crippen LogP contribution is -1.90. The summed E-state index contributed by atoms with van der Waals surface area (Å²) in [4.78, 5) is 13.6. The van der Waals surface area contributed by atoms with Gasteiger partial charge in [0.15, 0.2) is 0 Å². The number of carbonyl (C=O) groups excluding carboxylic acids is 1. The van der Waals surface area contributed by atoms with E-state index in [-0.39, 0.29) is 12.2 Å². The van der Waals surface area contributed by atoms with E-state index in [2.05, 4.69) is 4.98 Å². The maximum Gasteiger partial charge on any atom is 0.141 e. The molecule has 0 N–H and O–H groups in total. The van der Waals surface area contributed by atoms with Gasteiger partial charge in [-0.05, 0) is 12.1 Å². The second-order valence-electron chi connectivity index (χ2n) is 1.84. The Bertz CT molecular complexity index is 220. The first-order valence-electron chi connectivity index (χ1n) is 2.87. The highest BCUT2D eigenvalue weighted by Gasteiger charge is 1.92. The third-order valence-electron chi connectivity index (χ3n) is 1.08. The molecule has 0 amide bonds. The van der Waals surface area contributed by atoms with Crippen LogP contribution in [0.3, 0.4) is 0 Å². The van der Waals surface area contributed by atoms with Crippen molar-refractivity contribution >= 4 is 6.29 Å². The summed E-state index contributed by atoms with van der Waals surface area (Å²) >= 11 is 0. The quantitative estimate of drug-likeness (QED) is 0.571. The van der Waals surface area contributed by atoms with Crippen molar-refractivity contribution in [2.75, 3.05) is 0 Å². The molecule has 1 aromatic rings. The van der Waals surface area contributed by atoms with E-state index in [9.17, 15) is 9.18 Å². The third-order valence-corrected chi connectivity index (χ3v) is 1.08. The molecule has 10 heavy (non-hydrogen) atoms. The molecule has 1 rings (SSSR count). The summed E-state index contributed by atoms with van der Waals surface area (Å²) in [6, 6.07) is 2.77. The number of hydrogen-bond donors (Lipinski definition) is 0. The molecule has 0 aliphatic rings. The Hall–Kier alpha value is -1.25. The van der Waals surface area contributed by atoms with Gasteiger partial charge in [-0.25, -0.2) is 4.39 Å². The van der Waals surface area contributed by atoms with Crippen molar-refractivity contribution in [1.29, 1.82) is 0 Å². The van der Waals surface area contributed by atoms with Crippen molar-refractivity contribution < 1.29 is 9.18 Å². The van der Waals surface area contributed by atoms with Crippen LogP contribution in [0, 0.1) is 5.82 Å². The summed E-state index contributed by atoms with van der Waals surface area (Å²) in [5, 5.41) is 0. The van der Waals surface area contributed by atoms with Crippen LogP contribution < -0.4 is 0 Å². The second-order valence-corrected chi connectivity index (χ2v) is 1.84. The molecule has 0 unspecified atom stereocenters. The monoisotopic (exact) mass is 139 g/mol.